The number of unbranched alkanes of at least 4 members (excludes halogenated alkanes) is 1. The van der Waals surface area contributed by atoms with E-state index in [1.807, 2.05) is 6.08 Å². The van der Waals surface area contributed by atoms with Crippen molar-refractivity contribution in [3.63, 3.8) is 0 Å². The number of carbonyl (C=O) groups is 3. The molecule has 0 atom stereocenters. The summed E-state index contributed by atoms with van der Waals surface area (Å²) in [6.45, 7) is 24.6. The normalized spacial score (nSPS) is 22.9. The Morgan fingerprint density at radius 2 is 0.686 bits per heavy atom. The summed E-state index contributed by atoms with van der Waals surface area (Å²) in [5.74, 6) is 2.12. The fourth-order valence-corrected chi connectivity index (χ4v) is 22.3. The maximum absolute atomic E-state index is 13.2. The van der Waals surface area contributed by atoms with Crippen molar-refractivity contribution in [1.29, 1.82) is 0 Å². The Balaban J connectivity index is 0.000000137. The number of ether oxygens (including phenoxy) is 5. The number of piperidine rings is 4. The monoisotopic (exact) mass is 1490 g/mol. The number of methoxy groups -OCH3 is 1. The summed E-state index contributed by atoms with van der Waals surface area (Å²) in [6.07, 6.45) is 15.1. The molecule has 8 heterocycles. The summed E-state index contributed by atoms with van der Waals surface area (Å²) >= 11 is 0. The number of ketones is 3. The van der Waals surface area contributed by atoms with Crippen LogP contribution in [0, 0.1) is 11.8 Å². The Labute approximate surface area is 604 Å². The van der Waals surface area contributed by atoms with E-state index in [0.717, 1.165) is 110 Å². The van der Waals surface area contributed by atoms with E-state index in [4.69, 9.17) is 23.7 Å². The summed E-state index contributed by atoms with van der Waals surface area (Å²) in [7, 11) is -12.9. The Kier molecular flexibility index (Phi) is 25.1. The van der Waals surface area contributed by atoms with Crippen LogP contribution in [0.2, 0.25) is 0 Å². The molecule has 14 rings (SSSR count). The van der Waals surface area contributed by atoms with Crippen LogP contribution in [0.4, 0.5) is 0 Å². The zero-order valence-corrected chi connectivity index (χ0v) is 63.2. The van der Waals surface area contributed by atoms with Crippen LogP contribution in [0.15, 0.2) is 129 Å². The summed E-state index contributed by atoms with van der Waals surface area (Å²) in [6, 6.07) is 25.1. The predicted molar refractivity (Wildman–Crippen MR) is 386 cm³/mol. The molecule has 8 saturated heterocycles. The van der Waals surface area contributed by atoms with Crippen molar-refractivity contribution >= 4 is 57.4 Å². The van der Waals surface area contributed by atoms with Gasteiger partial charge in [-0.05, 0) is 132 Å². The van der Waals surface area contributed by atoms with E-state index < -0.39 is 63.0 Å². The number of carbonyl (C=O) groups excluding carboxylic acids is 3. The molecule has 0 aromatic heterocycles. The van der Waals surface area contributed by atoms with Gasteiger partial charge in [-0.25, -0.2) is 33.7 Å². The third-order valence-corrected chi connectivity index (χ3v) is 29.7. The number of benzene rings is 4. The van der Waals surface area contributed by atoms with E-state index in [-0.39, 0.29) is 32.0 Å². The zero-order valence-electron chi connectivity index (χ0n) is 60.0. The van der Waals surface area contributed by atoms with Crippen molar-refractivity contribution in [3.05, 3.63) is 126 Å². The van der Waals surface area contributed by atoms with Crippen LogP contribution >= 0.6 is 0 Å². The van der Waals surface area contributed by atoms with Crippen LogP contribution < -0.4 is 4.74 Å². The molecule has 0 radical (unpaired) electrons. The first-order valence-corrected chi connectivity index (χ1v) is 42.1. The zero-order chi connectivity index (χ0) is 72.7. The number of rotatable bonds is 21. The molecule has 0 N–H and O–H groups in total. The topological polar surface area (TPSA) is 260 Å². The van der Waals surface area contributed by atoms with Gasteiger partial charge in [0.1, 0.15) is 28.6 Å². The first kappa shape index (κ1) is 77.8. The molecular formula is C74H104N8O16S4. The Bertz CT molecular complexity index is 4020. The largest absolute Gasteiger partial charge is 0.497 e. The Hall–Kier alpha value is -5.25. The number of likely N-dealkylation sites (tertiary alicyclic amines) is 4. The molecule has 2 aliphatic carbocycles. The van der Waals surface area contributed by atoms with E-state index in [2.05, 4.69) is 33.1 Å². The molecule has 28 heteroatoms. The molecule has 4 aromatic rings. The van der Waals surface area contributed by atoms with Crippen molar-refractivity contribution in [2.24, 2.45) is 11.8 Å². The maximum atomic E-state index is 13.2. The van der Waals surface area contributed by atoms with E-state index in [0.29, 0.717) is 118 Å². The van der Waals surface area contributed by atoms with Gasteiger partial charge in [0.15, 0.2) is 17.3 Å². The lowest BCUT2D eigenvalue weighted by Crippen LogP contribution is -2.55. The number of Topliss-reactive ketones (excluding diaryl/α,β-unsaturated/α-hetero) is 3. The molecule has 0 bridgehead atoms. The second kappa shape index (κ2) is 32.9. The lowest BCUT2D eigenvalue weighted by molar-refractivity contribution is -0.0912. The Morgan fingerprint density at radius 1 is 0.422 bits per heavy atom. The van der Waals surface area contributed by atoms with Crippen molar-refractivity contribution in [1.82, 2.24) is 36.8 Å². The standard InChI is InChI=1S/C19H26N2O4S.C19H28N2O4S.C18H26N2O4S.C18H24N2O4S/c1-15(22)17-4-6-18(7-5-17)26(23,24)21-12-13-25-19(21)8-10-20(11-9-19)14-16-2-3-16;1-3-4-11-20-12-9-19(10-13-20)21(14-15-25-19)26(23,24)18-7-5-17(6-8-18)16(2)22;1-23-16-4-6-17(7-5-16)25(21,22)20-12-13-24-18(20)8-10-19(11-9-18)14-15-2-3-15;1-3-10-19-11-8-18(9-12-19)20(13-14-24-18)25(22,23)17-6-4-16(5-7-17)15(2)21/h4-7,16H,2-3,8-14H2,1H3;5-8H,3-4,9-15H2,1-2H3;4-7,15H,2-3,8-14H2,1H3;3-7H,1,8-14H2,2H3. The number of hydrogen-bond donors (Lipinski definition) is 0. The van der Waals surface area contributed by atoms with Gasteiger partial charge < -0.3 is 38.4 Å². The van der Waals surface area contributed by atoms with Gasteiger partial charge in [0.25, 0.3) is 0 Å². The molecule has 0 amide bonds. The summed E-state index contributed by atoms with van der Waals surface area (Å²) < 4.78 is 141. The lowest BCUT2D eigenvalue weighted by Gasteiger charge is -2.43. The van der Waals surface area contributed by atoms with Gasteiger partial charge in [0.05, 0.1) is 53.1 Å². The highest BCUT2D eigenvalue weighted by molar-refractivity contribution is 7.90. The molecule has 0 unspecified atom stereocenters. The SMILES string of the molecule is C=CCN1CCC2(CC1)OCCN2S(=O)(=O)c1ccc(C(C)=O)cc1.CC(=O)c1ccc(S(=O)(=O)N2CCOC23CCN(CC2CC2)CC3)cc1.CCCCN1CCC2(CC1)OCCN2S(=O)(=O)c1ccc(C(C)=O)cc1.COc1ccc(S(=O)(=O)N2CCOC23CCN(CC2CC2)CC3)cc1. The summed E-state index contributed by atoms with van der Waals surface area (Å²) in [5.41, 5.74) is -1.32. The first-order chi connectivity index (χ1) is 48.7. The van der Waals surface area contributed by atoms with Gasteiger partial charge in [-0.15, -0.1) is 6.58 Å². The first-order valence-electron chi connectivity index (χ1n) is 36.4. The highest BCUT2D eigenvalue weighted by atomic mass is 32.2. The Morgan fingerprint density at radius 3 is 0.931 bits per heavy atom. The van der Waals surface area contributed by atoms with Crippen LogP contribution in [-0.2, 0) is 59.0 Å². The molecule has 2 saturated carbocycles. The minimum absolute atomic E-state index is 0.0713. The number of hydrogen-bond acceptors (Lipinski definition) is 20. The molecule has 102 heavy (non-hydrogen) atoms. The quantitative estimate of drug-likeness (QED) is 0.0560. The predicted octanol–water partition coefficient (Wildman–Crippen LogP) is 8.42. The molecule has 4 aromatic carbocycles. The summed E-state index contributed by atoms with van der Waals surface area (Å²) in [5, 5.41) is 0. The van der Waals surface area contributed by atoms with Crippen LogP contribution in [0.5, 0.6) is 5.75 Å². The highest BCUT2D eigenvalue weighted by Crippen LogP contribution is 2.44. The molecule has 4 spiro atoms. The van der Waals surface area contributed by atoms with E-state index in [1.165, 1.54) is 93.6 Å². The third-order valence-electron chi connectivity index (χ3n) is 21.9. The van der Waals surface area contributed by atoms with Gasteiger partial charge in [0, 0.05) is 166 Å². The van der Waals surface area contributed by atoms with Crippen molar-refractivity contribution in [2.45, 2.75) is 160 Å². The van der Waals surface area contributed by atoms with Gasteiger partial charge >= 0.3 is 0 Å². The second-order valence-corrected chi connectivity index (χ2v) is 36.1. The van der Waals surface area contributed by atoms with Crippen molar-refractivity contribution < 1.29 is 71.7 Å². The molecular weight excluding hydrogens is 1390 g/mol. The summed E-state index contributed by atoms with van der Waals surface area (Å²) in [4.78, 5) is 44.8. The highest BCUT2D eigenvalue weighted by Gasteiger charge is 2.55. The molecule has 10 aliphatic rings. The maximum Gasteiger partial charge on any atom is 0.245 e. The van der Waals surface area contributed by atoms with E-state index >= 15 is 0 Å². The van der Waals surface area contributed by atoms with Gasteiger partial charge in [0.2, 0.25) is 40.1 Å². The van der Waals surface area contributed by atoms with Gasteiger partial charge in [-0.3, -0.25) is 19.3 Å². The van der Waals surface area contributed by atoms with E-state index in [1.54, 1.807) is 80.7 Å². The average molecular weight is 1490 g/mol. The molecule has 8 aliphatic heterocycles. The van der Waals surface area contributed by atoms with Crippen molar-refractivity contribution in [3.8, 4) is 5.75 Å². The fraction of sp³-hybridized carbons (Fsp3) is 0.608. The molecule has 10 fully saturated rings. The van der Waals surface area contributed by atoms with Gasteiger partial charge in [-0.1, -0.05) is 55.8 Å². The van der Waals surface area contributed by atoms with Crippen LogP contribution in [0.25, 0.3) is 0 Å². The molecule has 560 valence electrons. The number of nitrogens with zero attached hydrogens (tertiary/aromatic N) is 8. The van der Waals surface area contributed by atoms with Crippen LogP contribution in [0.3, 0.4) is 0 Å². The minimum Gasteiger partial charge on any atom is -0.497 e. The fourth-order valence-electron chi connectivity index (χ4n) is 15.4. The van der Waals surface area contributed by atoms with Crippen LogP contribution in [0.1, 0.15) is 149 Å². The average Bonchev–Trinajstić information content (AvgIpc) is 1.20. The van der Waals surface area contributed by atoms with E-state index in [9.17, 15) is 48.1 Å². The van der Waals surface area contributed by atoms with Crippen LogP contribution in [-0.4, -0.2) is 249 Å². The second-order valence-electron chi connectivity index (χ2n) is 28.7. The third kappa shape index (κ3) is 17.6. The van der Waals surface area contributed by atoms with Gasteiger partial charge in [-0.2, -0.15) is 17.2 Å². The lowest BCUT2D eigenvalue weighted by atomic mass is 10.0. The van der Waals surface area contributed by atoms with Crippen molar-refractivity contribution in [2.75, 3.05) is 138 Å². The minimum atomic E-state index is -3.66. The smallest absolute Gasteiger partial charge is 0.245 e. The molecule has 24 nitrogen and oxygen atoms in total. The number of sulfonamides is 4.